The number of aliphatic hydroxyl groups excluding tert-OH is 1. The standard InChI is InChI=1S/C16H14N2OS/c19-15(12-6-2-1-3-7-12)10-13-11-20-16(18-13)14-8-4-5-9-17-14/h1-9,11,15,19H,10H2. The molecule has 1 atom stereocenters. The van der Waals surface area contributed by atoms with E-state index in [0.717, 1.165) is 22.0 Å². The average Bonchev–Trinajstić information content (AvgIpc) is 2.97. The predicted octanol–water partition coefficient (Wildman–Crippen LogP) is 3.48. The number of pyridine rings is 1. The zero-order valence-electron chi connectivity index (χ0n) is 10.8. The third-order valence-corrected chi connectivity index (χ3v) is 3.94. The van der Waals surface area contributed by atoms with Crippen molar-refractivity contribution in [2.24, 2.45) is 0 Å². The number of benzene rings is 1. The van der Waals surface area contributed by atoms with Gasteiger partial charge in [0.15, 0.2) is 0 Å². The lowest BCUT2D eigenvalue weighted by Crippen LogP contribution is -2.01. The van der Waals surface area contributed by atoms with E-state index in [9.17, 15) is 5.11 Å². The molecule has 0 amide bonds. The highest BCUT2D eigenvalue weighted by molar-refractivity contribution is 7.13. The van der Waals surface area contributed by atoms with Crippen molar-refractivity contribution in [3.63, 3.8) is 0 Å². The van der Waals surface area contributed by atoms with Crippen LogP contribution < -0.4 is 0 Å². The second kappa shape index (κ2) is 5.94. The Bertz CT molecular complexity index is 667. The summed E-state index contributed by atoms with van der Waals surface area (Å²) in [6.07, 6.45) is 1.76. The number of aromatic nitrogens is 2. The van der Waals surface area contributed by atoms with Crippen LogP contribution in [-0.4, -0.2) is 15.1 Å². The smallest absolute Gasteiger partial charge is 0.142 e. The molecule has 0 aliphatic carbocycles. The second-order valence-electron chi connectivity index (χ2n) is 4.49. The molecule has 0 saturated heterocycles. The number of rotatable bonds is 4. The fourth-order valence-electron chi connectivity index (χ4n) is 2.00. The minimum atomic E-state index is -0.519. The van der Waals surface area contributed by atoms with Crippen molar-refractivity contribution in [1.82, 2.24) is 9.97 Å². The molecular formula is C16H14N2OS. The summed E-state index contributed by atoms with van der Waals surface area (Å²) in [4.78, 5) is 8.83. The molecule has 0 aliphatic rings. The van der Waals surface area contributed by atoms with Crippen LogP contribution >= 0.6 is 11.3 Å². The first kappa shape index (κ1) is 13.0. The highest BCUT2D eigenvalue weighted by Gasteiger charge is 2.11. The van der Waals surface area contributed by atoms with Gasteiger partial charge in [0.2, 0.25) is 0 Å². The van der Waals surface area contributed by atoms with Crippen LogP contribution in [0.3, 0.4) is 0 Å². The average molecular weight is 282 g/mol. The van der Waals surface area contributed by atoms with E-state index in [2.05, 4.69) is 9.97 Å². The Morgan fingerprint density at radius 2 is 1.85 bits per heavy atom. The zero-order valence-corrected chi connectivity index (χ0v) is 11.6. The summed E-state index contributed by atoms with van der Waals surface area (Å²) < 4.78 is 0. The molecule has 0 fully saturated rings. The molecule has 2 aromatic heterocycles. The minimum absolute atomic E-state index is 0.519. The summed E-state index contributed by atoms with van der Waals surface area (Å²) in [6, 6.07) is 15.4. The lowest BCUT2D eigenvalue weighted by atomic mass is 10.1. The molecule has 0 bridgehead atoms. The molecule has 3 nitrogen and oxygen atoms in total. The lowest BCUT2D eigenvalue weighted by molar-refractivity contribution is 0.177. The molecule has 4 heteroatoms. The molecule has 0 radical (unpaired) electrons. The van der Waals surface area contributed by atoms with E-state index >= 15 is 0 Å². The second-order valence-corrected chi connectivity index (χ2v) is 5.35. The lowest BCUT2D eigenvalue weighted by Gasteiger charge is -2.08. The predicted molar refractivity (Wildman–Crippen MR) is 80.5 cm³/mol. The molecule has 1 aromatic carbocycles. The van der Waals surface area contributed by atoms with Crippen LogP contribution in [0.25, 0.3) is 10.7 Å². The Balaban J connectivity index is 1.75. The molecule has 2 heterocycles. The van der Waals surface area contributed by atoms with Crippen LogP contribution in [0, 0.1) is 0 Å². The largest absolute Gasteiger partial charge is 0.388 e. The molecule has 100 valence electrons. The minimum Gasteiger partial charge on any atom is -0.388 e. The maximum absolute atomic E-state index is 10.2. The number of aliphatic hydroxyl groups is 1. The van der Waals surface area contributed by atoms with Gasteiger partial charge in [-0.3, -0.25) is 4.98 Å². The highest BCUT2D eigenvalue weighted by Crippen LogP contribution is 2.24. The Kier molecular flexibility index (Phi) is 3.85. The molecular weight excluding hydrogens is 268 g/mol. The van der Waals surface area contributed by atoms with E-state index in [1.807, 2.05) is 53.9 Å². The van der Waals surface area contributed by atoms with Gasteiger partial charge >= 0.3 is 0 Å². The normalized spacial score (nSPS) is 12.2. The Morgan fingerprint density at radius 3 is 2.60 bits per heavy atom. The molecule has 0 saturated carbocycles. The molecule has 1 unspecified atom stereocenters. The van der Waals surface area contributed by atoms with E-state index in [1.165, 1.54) is 0 Å². The van der Waals surface area contributed by atoms with Gasteiger partial charge in [-0.1, -0.05) is 36.4 Å². The van der Waals surface area contributed by atoms with Crippen LogP contribution in [0.2, 0.25) is 0 Å². The van der Waals surface area contributed by atoms with Gasteiger partial charge in [-0.05, 0) is 17.7 Å². The SMILES string of the molecule is OC(Cc1csc(-c2ccccn2)n1)c1ccccc1. The van der Waals surface area contributed by atoms with Crippen LogP contribution in [0.4, 0.5) is 0 Å². The number of nitrogens with zero attached hydrogens (tertiary/aromatic N) is 2. The molecule has 3 aromatic rings. The van der Waals surface area contributed by atoms with Gasteiger partial charge in [-0.2, -0.15) is 0 Å². The summed E-state index contributed by atoms with van der Waals surface area (Å²) in [7, 11) is 0. The maximum Gasteiger partial charge on any atom is 0.142 e. The summed E-state index contributed by atoms with van der Waals surface area (Å²) in [5.41, 5.74) is 2.69. The van der Waals surface area contributed by atoms with Crippen LogP contribution in [0.15, 0.2) is 60.1 Å². The Morgan fingerprint density at radius 1 is 1.05 bits per heavy atom. The first-order valence-corrected chi connectivity index (χ1v) is 7.30. The number of hydrogen-bond donors (Lipinski definition) is 1. The third kappa shape index (κ3) is 2.92. The van der Waals surface area contributed by atoms with Gasteiger partial charge in [-0.25, -0.2) is 4.98 Å². The molecule has 0 aliphatic heterocycles. The van der Waals surface area contributed by atoms with Crippen LogP contribution in [-0.2, 0) is 6.42 Å². The highest BCUT2D eigenvalue weighted by atomic mass is 32.1. The van der Waals surface area contributed by atoms with Crippen molar-refractivity contribution >= 4 is 11.3 Å². The topological polar surface area (TPSA) is 46.0 Å². The monoisotopic (exact) mass is 282 g/mol. The summed E-state index contributed by atoms with van der Waals surface area (Å²) in [5, 5.41) is 13.1. The fourth-order valence-corrected chi connectivity index (χ4v) is 2.81. The fraction of sp³-hybridized carbons (Fsp3) is 0.125. The first-order chi connectivity index (χ1) is 9.83. The van der Waals surface area contributed by atoms with E-state index in [0.29, 0.717) is 6.42 Å². The van der Waals surface area contributed by atoms with Gasteiger partial charge in [0, 0.05) is 18.0 Å². The van der Waals surface area contributed by atoms with Crippen molar-refractivity contribution in [2.75, 3.05) is 0 Å². The molecule has 1 N–H and O–H groups in total. The van der Waals surface area contributed by atoms with Gasteiger partial charge < -0.3 is 5.11 Å². The van der Waals surface area contributed by atoms with Crippen LogP contribution in [0.5, 0.6) is 0 Å². The van der Waals surface area contributed by atoms with Crippen molar-refractivity contribution in [3.8, 4) is 10.7 Å². The summed E-state index contributed by atoms with van der Waals surface area (Å²) in [5.74, 6) is 0. The Labute approximate surface area is 121 Å². The first-order valence-electron chi connectivity index (χ1n) is 6.42. The Hall–Kier alpha value is -2.04. The quantitative estimate of drug-likeness (QED) is 0.797. The maximum atomic E-state index is 10.2. The van der Waals surface area contributed by atoms with Gasteiger partial charge in [-0.15, -0.1) is 11.3 Å². The molecule has 0 spiro atoms. The van der Waals surface area contributed by atoms with Gasteiger partial charge in [0.25, 0.3) is 0 Å². The zero-order chi connectivity index (χ0) is 13.8. The molecule has 3 rings (SSSR count). The van der Waals surface area contributed by atoms with E-state index in [-0.39, 0.29) is 0 Å². The van der Waals surface area contributed by atoms with Crippen LogP contribution in [0.1, 0.15) is 17.4 Å². The van der Waals surface area contributed by atoms with E-state index in [1.54, 1.807) is 17.5 Å². The van der Waals surface area contributed by atoms with Crippen molar-refractivity contribution < 1.29 is 5.11 Å². The van der Waals surface area contributed by atoms with Crippen molar-refractivity contribution in [2.45, 2.75) is 12.5 Å². The molecule has 20 heavy (non-hydrogen) atoms. The third-order valence-electron chi connectivity index (χ3n) is 3.02. The van der Waals surface area contributed by atoms with Gasteiger partial charge in [0.1, 0.15) is 5.01 Å². The van der Waals surface area contributed by atoms with E-state index in [4.69, 9.17) is 0 Å². The van der Waals surface area contributed by atoms with Crippen molar-refractivity contribution in [1.29, 1.82) is 0 Å². The summed E-state index contributed by atoms with van der Waals surface area (Å²) in [6.45, 7) is 0. The van der Waals surface area contributed by atoms with E-state index < -0.39 is 6.10 Å². The number of thiazole rings is 1. The number of hydrogen-bond acceptors (Lipinski definition) is 4. The van der Waals surface area contributed by atoms with Gasteiger partial charge in [0.05, 0.1) is 17.5 Å². The summed E-state index contributed by atoms with van der Waals surface area (Å²) >= 11 is 1.56. The van der Waals surface area contributed by atoms with Crippen molar-refractivity contribution in [3.05, 3.63) is 71.4 Å².